The van der Waals surface area contributed by atoms with Gasteiger partial charge in [0.1, 0.15) is 6.10 Å². The standard InChI is InChI=1S/C12H19N3O/c1-9-7-8-14-12(15-9)16-11-6-4-3-5-10(11)13-2/h7-8,10-11,13H,3-6H2,1-2H3. The lowest BCUT2D eigenvalue weighted by molar-refractivity contribution is 0.107. The third-order valence-electron chi connectivity index (χ3n) is 3.10. The van der Waals surface area contributed by atoms with Crippen LogP contribution in [-0.2, 0) is 0 Å². The van der Waals surface area contributed by atoms with Crippen molar-refractivity contribution in [2.45, 2.75) is 44.8 Å². The minimum absolute atomic E-state index is 0.209. The molecule has 0 radical (unpaired) electrons. The topological polar surface area (TPSA) is 47.0 Å². The fourth-order valence-corrected chi connectivity index (χ4v) is 2.19. The molecule has 4 heteroatoms. The number of likely N-dealkylation sites (N-methyl/N-ethyl adjacent to an activating group) is 1. The first-order valence-corrected chi connectivity index (χ1v) is 5.93. The van der Waals surface area contributed by atoms with Crippen molar-refractivity contribution in [3.05, 3.63) is 18.0 Å². The normalized spacial score (nSPS) is 25.4. The third-order valence-corrected chi connectivity index (χ3v) is 3.10. The van der Waals surface area contributed by atoms with Crippen molar-refractivity contribution in [2.24, 2.45) is 0 Å². The summed E-state index contributed by atoms with van der Waals surface area (Å²) in [5, 5.41) is 3.31. The molecule has 2 rings (SSSR count). The molecule has 0 bridgehead atoms. The van der Waals surface area contributed by atoms with E-state index in [2.05, 4.69) is 15.3 Å². The van der Waals surface area contributed by atoms with Crippen LogP contribution >= 0.6 is 0 Å². The van der Waals surface area contributed by atoms with Crippen LogP contribution in [0.3, 0.4) is 0 Å². The van der Waals surface area contributed by atoms with Gasteiger partial charge in [0.2, 0.25) is 0 Å². The molecule has 1 heterocycles. The number of aryl methyl sites for hydroxylation is 1. The molecule has 0 aromatic carbocycles. The van der Waals surface area contributed by atoms with Crippen LogP contribution in [0.4, 0.5) is 0 Å². The summed E-state index contributed by atoms with van der Waals surface area (Å²) >= 11 is 0. The van der Waals surface area contributed by atoms with Crippen LogP contribution in [0, 0.1) is 6.92 Å². The first-order chi connectivity index (χ1) is 7.79. The molecule has 4 nitrogen and oxygen atoms in total. The zero-order chi connectivity index (χ0) is 11.4. The summed E-state index contributed by atoms with van der Waals surface area (Å²) < 4.78 is 5.85. The zero-order valence-corrected chi connectivity index (χ0v) is 9.94. The highest BCUT2D eigenvalue weighted by atomic mass is 16.5. The highest BCUT2D eigenvalue weighted by molar-refractivity contribution is 5.04. The predicted octanol–water partition coefficient (Wildman–Crippen LogP) is 1.69. The lowest BCUT2D eigenvalue weighted by Gasteiger charge is -2.30. The fraction of sp³-hybridized carbons (Fsp3) is 0.667. The van der Waals surface area contributed by atoms with Crippen molar-refractivity contribution in [3.8, 4) is 6.01 Å². The summed E-state index contributed by atoms with van der Waals surface area (Å²) in [4.78, 5) is 8.42. The predicted molar refractivity (Wildman–Crippen MR) is 62.5 cm³/mol. The Labute approximate surface area is 96.4 Å². The van der Waals surface area contributed by atoms with Crippen LogP contribution in [0.5, 0.6) is 6.01 Å². The molecule has 2 atom stereocenters. The first-order valence-electron chi connectivity index (χ1n) is 5.93. The Hall–Kier alpha value is -1.16. The van der Waals surface area contributed by atoms with Crippen LogP contribution < -0.4 is 10.1 Å². The molecule has 1 aromatic rings. The molecule has 2 unspecified atom stereocenters. The molecule has 88 valence electrons. The summed E-state index contributed by atoms with van der Waals surface area (Å²) in [7, 11) is 1.99. The lowest BCUT2D eigenvalue weighted by Crippen LogP contribution is -2.43. The number of nitrogens with one attached hydrogen (secondary N) is 1. The number of hydrogen-bond acceptors (Lipinski definition) is 4. The molecule has 1 saturated carbocycles. The van der Waals surface area contributed by atoms with Crippen molar-refractivity contribution < 1.29 is 4.74 Å². The third kappa shape index (κ3) is 2.70. The van der Waals surface area contributed by atoms with E-state index < -0.39 is 0 Å². The van der Waals surface area contributed by atoms with E-state index in [1.165, 1.54) is 19.3 Å². The Morgan fingerprint density at radius 3 is 2.94 bits per heavy atom. The van der Waals surface area contributed by atoms with E-state index >= 15 is 0 Å². The van der Waals surface area contributed by atoms with E-state index in [1.54, 1.807) is 6.20 Å². The molecule has 0 saturated heterocycles. The second-order valence-electron chi connectivity index (χ2n) is 4.32. The van der Waals surface area contributed by atoms with E-state index in [4.69, 9.17) is 4.74 Å². The number of nitrogens with zero attached hydrogens (tertiary/aromatic N) is 2. The summed E-state index contributed by atoms with van der Waals surface area (Å²) in [6, 6.07) is 2.81. The van der Waals surface area contributed by atoms with Gasteiger partial charge in [0.25, 0.3) is 0 Å². The van der Waals surface area contributed by atoms with Gasteiger partial charge in [-0.3, -0.25) is 0 Å². The highest BCUT2D eigenvalue weighted by Gasteiger charge is 2.25. The number of hydrogen-bond donors (Lipinski definition) is 1. The summed E-state index contributed by atoms with van der Waals surface area (Å²) in [5.74, 6) is 0. The van der Waals surface area contributed by atoms with Gasteiger partial charge in [0, 0.05) is 17.9 Å². The van der Waals surface area contributed by atoms with Gasteiger partial charge in [-0.1, -0.05) is 6.42 Å². The quantitative estimate of drug-likeness (QED) is 0.843. The molecular weight excluding hydrogens is 202 g/mol. The molecule has 1 aliphatic carbocycles. The summed E-state index contributed by atoms with van der Waals surface area (Å²) in [6.07, 6.45) is 6.72. The lowest BCUT2D eigenvalue weighted by atomic mass is 9.92. The Morgan fingerprint density at radius 1 is 1.38 bits per heavy atom. The van der Waals surface area contributed by atoms with Crippen LogP contribution in [0.15, 0.2) is 12.3 Å². The minimum atomic E-state index is 0.209. The molecular formula is C12H19N3O. The highest BCUT2D eigenvalue weighted by Crippen LogP contribution is 2.21. The van der Waals surface area contributed by atoms with Gasteiger partial charge in [-0.2, -0.15) is 0 Å². The number of ether oxygens (including phenoxy) is 1. The largest absolute Gasteiger partial charge is 0.458 e. The minimum Gasteiger partial charge on any atom is -0.458 e. The Kier molecular flexibility index (Phi) is 3.72. The molecule has 1 fully saturated rings. The summed E-state index contributed by atoms with van der Waals surface area (Å²) in [6.45, 7) is 1.95. The van der Waals surface area contributed by atoms with Gasteiger partial charge in [-0.15, -0.1) is 0 Å². The maximum atomic E-state index is 5.85. The van der Waals surface area contributed by atoms with Gasteiger partial charge in [-0.05, 0) is 39.3 Å². The van der Waals surface area contributed by atoms with E-state index in [1.807, 2.05) is 20.0 Å². The van der Waals surface area contributed by atoms with E-state index in [-0.39, 0.29) is 6.10 Å². The van der Waals surface area contributed by atoms with Gasteiger partial charge in [0.05, 0.1) is 0 Å². The molecule has 1 aromatic heterocycles. The van der Waals surface area contributed by atoms with Crippen LogP contribution in [0.1, 0.15) is 31.4 Å². The molecule has 0 amide bonds. The average Bonchev–Trinajstić information content (AvgIpc) is 2.30. The molecule has 1 aliphatic rings. The van der Waals surface area contributed by atoms with Crippen LogP contribution in [-0.4, -0.2) is 29.2 Å². The Bertz CT molecular complexity index is 343. The van der Waals surface area contributed by atoms with Crippen molar-refractivity contribution in [3.63, 3.8) is 0 Å². The SMILES string of the molecule is CNC1CCCCC1Oc1nccc(C)n1. The second kappa shape index (κ2) is 5.25. The Morgan fingerprint density at radius 2 is 2.19 bits per heavy atom. The van der Waals surface area contributed by atoms with Crippen LogP contribution in [0.2, 0.25) is 0 Å². The maximum absolute atomic E-state index is 5.85. The van der Waals surface area contributed by atoms with E-state index in [0.29, 0.717) is 12.1 Å². The molecule has 0 spiro atoms. The monoisotopic (exact) mass is 221 g/mol. The van der Waals surface area contributed by atoms with E-state index in [9.17, 15) is 0 Å². The number of aromatic nitrogens is 2. The van der Waals surface area contributed by atoms with Gasteiger partial charge < -0.3 is 10.1 Å². The van der Waals surface area contributed by atoms with Crippen molar-refractivity contribution in [2.75, 3.05) is 7.05 Å². The second-order valence-corrected chi connectivity index (χ2v) is 4.32. The van der Waals surface area contributed by atoms with E-state index in [0.717, 1.165) is 12.1 Å². The van der Waals surface area contributed by atoms with Gasteiger partial charge in [-0.25, -0.2) is 9.97 Å². The first kappa shape index (κ1) is 11.3. The van der Waals surface area contributed by atoms with Gasteiger partial charge >= 0.3 is 6.01 Å². The number of rotatable bonds is 3. The smallest absolute Gasteiger partial charge is 0.316 e. The Balaban J connectivity index is 2.02. The van der Waals surface area contributed by atoms with Crippen molar-refractivity contribution in [1.29, 1.82) is 0 Å². The summed E-state index contributed by atoms with van der Waals surface area (Å²) in [5.41, 5.74) is 0.946. The fourth-order valence-electron chi connectivity index (χ4n) is 2.19. The van der Waals surface area contributed by atoms with Gasteiger partial charge in [0.15, 0.2) is 0 Å². The molecule has 16 heavy (non-hydrogen) atoms. The van der Waals surface area contributed by atoms with Crippen molar-refractivity contribution >= 4 is 0 Å². The maximum Gasteiger partial charge on any atom is 0.316 e. The van der Waals surface area contributed by atoms with Crippen molar-refractivity contribution in [1.82, 2.24) is 15.3 Å². The zero-order valence-electron chi connectivity index (χ0n) is 9.94. The van der Waals surface area contributed by atoms with Crippen LogP contribution in [0.25, 0.3) is 0 Å². The molecule has 0 aliphatic heterocycles. The molecule has 1 N–H and O–H groups in total. The average molecular weight is 221 g/mol.